The highest BCUT2D eigenvalue weighted by Crippen LogP contribution is 2.31. The van der Waals surface area contributed by atoms with Crippen LogP contribution in [0.5, 0.6) is 5.75 Å². The first-order valence-electron chi connectivity index (χ1n) is 3.96. The fourth-order valence-electron chi connectivity index (χ4n) is 0.942. The smallest absolute Gasteiger partial charge is 0.139 e. The highest BCUT2D eigenvalue weighted by molar-refractivity contribution is 6.42. The highest BCUT2D eigenvalue weighted by Gasteiger charge is 2.23. The van der Waals surface area contributed by atoms with Crippen molar-refractivity contribution in [3.8, 4) is 5.75 Å². The second-order valence-corrected chi connectivity index (χ2v) is 3.60. The molecule has 0 bridgehead atoms. The van der Waals surface area contributed by atoms with E-state index in [1.165, 1.54) is 0 Å². The van der Waals surface area contributed by atoms with E-state index in [1.54, 1.807) is 18.2 Å². The number of hydrogen-bond donors (Lipinski definition) is 0. The van der Waals surface area contributed by atoms with Gasteiger partial charge < -0.3 is 9.47 Å². The third-order valence-electron chi connectivity index (χ3n) is 1.74. The van der Waals surface area contributed by atoms with E-state index in [0.717, 1.165) is 6.61 Å². The van der Waals surface area contributed by atoms with Crippen LogP contribution in [0.4, 0.5) is 0 Å². The Morgan fingerprint density at radius 2 is 2.23 bits per heavy atom. The summed E-state index contributed by atoms with van der Waals surface area (Å²) in [6, 6.07) is 5.32. The lowest BCUT2D eigenvalue weighted by Crippen LogP contribution is -2.04. The second kappa shape index (κ2) is 3.74. The molecular formula is C9H8Cl2O2. The Morgan fingerprint density at radius 3 is 2.92 bits per heavy atom. The summed E-state index contributed by atoms with van der Waals surface area (Å²) in [4.78, 5) is 0. The molecule has 0 radical (unpaired) electrons. The van der Waals surface area contributed by atoms with Crippen LogP contribution in [-0.4, -0.2) is 19.3 Å². The molecule has 1 fully saturated rings. The van der Waals surface area contributed by atoms with Crippen molar-refractivity contribution >= 4 is 23.2 Å². The van der Waals surface area contributed by atoms with Crippen molar-refractivity contribution in [3.63, 3.8) is 0 Å². The molecule has 0 spiro atoms. The molecule has 70 valence electrons. The van der Waals surface area contributed by atoms with E-state index in [0.29, 0.717) is 22.4 Å². The molecule has 1 saturated heterocycles. The number of rotatable bonds is 3. The predicted molar refractivity (Wildman–Crippen MR) is 51.7 cm³/mol. The van der Waals surface area contributed by atoms with Gasteiger partial charge in [-0.15, -0.1) is 0 Å². The zero-order valence-corrected chi connectivity index (χ0v) is 8.31. The summed E-state index contributed by atoms with van der Waals surface area (Å²) in [5.41, 5.74) is 0. The monoisotopic (exact) mass is 218 g/mol. The fraction of sp³-hybridized carbons (Fsp3) is 0.333. The minimum absolute atomic E-state index is 0.232. The summed E-state index contributed by atoms with van der Waals surface area (Å²) in [6.45, 7) is 1.32. The number of hydrogen-bond acceptors (Lipinski definition) is 2. The standard InChI is InChI=1S/C9H8Cl2O2/c10-7-2-1-3-8(9(7)11)13-5-6-4-12-6/h1-3,6H,4-5H2/t6-/m1/s1. The van der Waals surface area contributed by atoms with Gasteiger partial charge in [0.15, 0.2) is 0 Å². The first kappa shape index (κ1) is 9.13. The summed E-state index contributed by atoms with van der Waals surface area (Å²) in [7, 11) is 0. The zero-order chi connectivity index (χ0) is 9.26. The molecule has 1 aromatic rings. The van der Waals surface area contributed by atoms with Gasteiger partial charge in [0.05, 0.1) is 11.6 Å². The quantitative estimate of drug-likeness (QED) is 0.729. The van der Waals surface area contributed by atoms with Gasteiger partial charge in [-0.25, -0.2) is 0 Å². The van der Waals surface area contributed by atoms with Gasteiger partial charge in [0, 0.05) is 0 Å². The second-order valence-electron chi connectivity index (χ2n) is 2.82. The average molecular weight is 219 g/mol. The molecule has 1 atom stereocenters. The predicted octanol–water partition coefficient (Wildman–Crippen LogP) is 2.77. The molecule has 1 aliphatic heterocycles. The lowest BCUT2D eigenvalue weighted by Gasteiger charge is -2.06. The highest BCUT2D eigenvalue weighted by atomic mass is 35.5. The third-order valence-corrected chi connectivity index (χ3v) is 2.54. The molecule has 0 aliphatic carbocycles. The van der Waals surface area contributed by atoms with E-state index in [1.807, 2.05) is 0 Å². The molecule has 0 unspecified atom stereocenters. The van der Waals surface area contributed by atoms with Crippen LogP contribution in [-0.2, 0) is 4.74 Å². The molecular weight excluding hydrogens is 211 g/mol. The van der Waals surface area contributed by atoms with Crippen LogP contribution in [0.25, 0.3) is 0 Å². The normalized spacial score (nSPS) is 20.0. The first-order chi connectivity index (χ1) is 6.27. The molecule has 4 heteroatoms. The van der Waals surface area contributed by atoms with Crippen LogP contribution in [0, 0.1) is 0 Å². The van der Waals surface area contributed by atoms with E-state index in [4.69, 9.17) is 32.7 Å². The molecule has 1 aromatic carbocycles. The number of epoxide rings is 1. The average Bonchev–Trinajstić information content (AvgIpc) is 2.91. The largest absolute Gasteiger partial charge is 0.489 e. The SMILES string of the molecule is Clc1cccc(OC[C@H]2CO2)c1Cl. The van der Waals surface area contributed by atoms with Crippen LogP contribution in [0.2, 0.25) is 10.0 Å². The number of benzene rings is 1. The Hall–Kier alpha value is -0.440. The van der Waals surface area contributed by atoms with Gasteiger partial charge in [-0.05, 0) is 12.1 Å². The Bertz CT molecular complexity index is 310. The Balaban J connectivity index is 2.05. The lowest BCUT2D eigenvalue weighted by atomic mass is 10.3. The fourth-order valence-corrected chi connectivity index (χ4v) is 1.29. The maximum atomic E-state index is 5.90. The molecule has 1 heterocycles. The third kappa shape index (κ3) is 2.27. The van der Waals surface area contributed by atoms with E-state index >= 15 is 0 Å². The minimum atomic E-state index is 0.232. The first-order valence-corrected chi connectivity index (χ1v) is 4.71. The molecule has 13 heavy (non-hydrogen) atoms. The van der Waals surface area contributed by atoms with Gasteiger partial charge >= 0.3 is 0 Å². The van der Waals surface area contributed by atoms with E-state index < -0.39 is 0 Å². The van der Waals surface area contributed by atoms with Crippen molar-refractivity contribution in [2.75, 3.05) is 13.2 Å². The number of halogens is 2. The summed E-state index contributed by atoms with van der Waals surface area (Å²) >= 11 is 11.7. The molecule has 0 aromatic heterocycles. The van der Waals surface area contributed by atoms with Crippen molar-refractivity contribution in [1.82, 2.24) is 0 Å². The van der Waals surface area contributed by atoms with E-state index in [9.17, 15) is 0 Å². The van der Waals surface area contributed by atoms with Crippen LogP contribution >= 0.6 is 23.2 Å². The molecule has 0 N–H and O–H groups in total. The van der Waals surface area contributed by atoms with Crippen molar-refractivity contribution in [2.24, 2.45) is 0 Å². The Labute approximate surface area is 86.4 Å². The Kier molecular flexibility index (Phi) is 2.63. The lowest BCUT2D eigenvalue weighted by molar-refractivity contribution is 0.263. The van der Waals surface area contributed by atoms with Gasteiger partial charge in [-0.2, -0.15) is 0 Å². The molecule has 0 saturated carbocycles. The molecule has 2 rings (SSSR count). The zero-order valence-electron chi connectivity index (χ0n) is 6.80. The van der Waals surface area contributed by atoms with Crippen LogP contribution in [0.15, 0.2) is 18.2 Å². The van der Waals surface area contributed by atoms with Gasteiger partial charge in [-0.1, -0.05) is 29.3 Å². The molecule has 2 nitrogen and oxygen atoms in total. The number of ether oxygens (including phenoxy) is 2. The topological polar surface area (TPSA) is 21.8 Å². The summed E-state index contributed by atoms with van der Waals surface area (Å²) < 4.78 is 10.4. The van der Waals surface area contributed by atoms with Crippen LogP contribution in [0.3, 0.4) is 0 Å². The van der Waals surface area contributed by atoms with Crippen molar-refractivity contribution in [2.45, 2.75) is 6.10 Å². The van der Waals surface area contributed by atoms with Crippen molar-refractivity contribution in [1.29, 1.82) is 0 Å². The summed E-state index contributed by atoms with van der Waals surface area (Å²) in [5, 5.41) is 0.973. The van der Waals surface area contributed by atoms with Crippen LogP contribution in [0.1, 0.15) is 0 Å². The van der Waals surface area contributed by atoms with Gasteiger partial charge in [-0.3, -0.25) is 0 Å². The maximum Gasteiger partial charge on any atom is 0.139 e. The minimum Gasteiger partial charge on any atom is -0.489 e. The maximum absolute atomic E-state index is 5.90. The summed E-state index contributed by atoms with van der Waals surface area (Å²) in [5.74, 6) is 0.615. The van der Waals surface area contributed by atoms with E-state index in [2.05, 4.69) is 0 Å². The van der Waals surface area contributed by atoms with Crippen molar-refractivity contribution < 1.29 is 9.47 Å². The Morgan fingerprint density at radius 1 is 1.46 bits per heavy atom. The van der Waals surface area contributed by atoms with Gasteiger partial charge in [0.1, 0.15) is 23.5 Å². The van der Waals surface area contributed by atoms with Gasteiger partial charge in [0.2, 0.25) is 0 Å². The van der Waals surface area contributed by atoms with Gasteiger partial charge in [0.25, 0.3) is 0 Å². The summed E-state index contributed by atoms with van der Waals surface area (Å²) in [6.07, 6.45) is 0.232. The van der Waals surface area contributed by atoms with Crippen molar-refractivity contribution in [3.05, 3.63) is 28.2 Å². The molecule has 0 amide bonds. The van der Waals surface area contributed by atoms with E-state index in [-0.39, 0.29) is 6.10 Å². The van der Waals surface area contributed by atoms with Crippen LogP contribution < -0.4 is 4.74 Å². The molecule has 1 aliphatic rings.